The molecule has 2 aliphatic rings. The summed E-state index contributed by atoms with van der Waals surface area (Å²) in [7, 11) is 0. The number of nitrogens with one attached hydrogen (secondary N) is 1. The molecule has 3 rings (SSSR count). The largest absolute Gasteiger partial charge is 0.378 e. The molecule has 19 heavy (non-hydrogen) atoms. The van der Waals surface area contributed by atoms with Crippen LogP contribution in [0.3, 0.4) is 0 Å². The Kier molecular flexibility index (Phi) is 4.09. The van der Waals surface area contributed by atoms with Crippen molar-refractivity contribution in [2.24, 2.45) is 10.9 Å². The molecule has 1 N–H and O–H groups in total. The highest BCUT2D eigenvalue weighted by atomic mass is 32.2. The first-order valence-corrected chi connectivity index (χ1v) is 7.82. The standard InChI is InChI=1S/C15H20N2OS/c1-11-13(7-8-18-11)9-16-15-17-10-14(19-15)12-5-3-2-4-6-12/h2-6,11,13-14H,7-10H2,1H3,(H,16,17). The number of amidine groups is 1. The Balaban J connectivity index is 1.49. The van der Waals surface area contributed by atoms with Crippen molar-refractivity contribution in [3.63, 3.8) is 0 Å². The van der Waals surface area contributed by atoms with Crippen molar-refractivity contribution in [1.29, 1.82) is 0 Å². The molecule has 4 heteroatoms. The van der Waals surface area contributed by atoms with Crippen LogP contribution in [0.1, 0.15) is 24.2 Å². The first kappa shape index (κ1) is 13.0. The van der Waals surface area contributed by atoms with Crippen LogP contribution in [0.15, 0.2) is 35.3 Å². The molecule has 0 aliphatic carbocycles. The first-order chi connectivity index (χ1) is 9.33. The average molecular weight is 276 g/mol. The maximum absolute atomic E-state index is 5.58. The molecule has 102 valence electrons. The molecule has 1 aromatic carbocycles. The third-order valence-corrected chi connectivity index (χ3v) is 5.08. The second-order valence-corrected chi connectivity index (χ2v) is 6.36. The number of benzene rings is 1. The molecule has 0 aromatic heterocycles. The van der Waals surface area contributed by atoms with Gasteiger partial charge in [-0.3, -0.25) is 4.99 Å². The van der Waals surface area contributed by atoms with Gasteiger partial charge >= 0.3 is 0 Å². The average Bonchev–Trinajstić information content (AvgIpc) is 3.06. The normalized spacial score (nSPS) is 30.4. The number of aliphatic imine (C=N–C) groups is 1. The van der Waals surface area contributed by atoms with Gasteiger partial charge in [0.1, 0.15) is 0 Å². The van der Waals surface area contributed by atoms with E-state index in [0.717, 1.165) is 31.3 Å². The fraction of sp³-hybridized carbons (Fsp3) is 0.533. The van der Waals surface area contributed by atoms with Crippen molar-refractivity contribution in [3.8, 4) is 0 Å². The zero-order valence-corrected chi connectivity index (χ0v) is 12.0. The second-order valence-electron chi connectivity index (χ2n) is 5.17. The molecule has 3 atom stereocenters. The second kappa shape index (κ2) is 5.97. The number of nitrogens with zero attached hydrogens (tertiary/aromatic N) is 1. The maximum atomic E-state index is 5.58. The Morgan fingerprint density at radius 3 is 2.95 bits per heavy atom. The Hall–Kier alpha value is -1.00. The van der Waals surface area contributed by atoms with E-state index in [2.05, 4.69) is 47.6 Å². The Morgan fingerprint density at radius 2 is 2.21 bits per heavy atom. The van der Waals surface area contributed by atoms with Crippen molar-refractivity contribution >= 4 is 16.9 Å². The highest BCUT2D eigenvalue weighted by Gasteiger charge is 2.26. The summed E-state index contributed by atoms with van der Waals surface area (Å²) in [6.45, 7) is 4.93. The summed E-state index contributed by atoms with van der Waals surface area (Å²) in [5.74, 6) is 0.624. The van der Waals surface area contributed by atoms with Gasteiger partial charge < -0.3 is 10.1 Å². The quantitative estimate of drug-likeness (QED) is 0.921. The van der Waals surface area contributed by atoms with Gasteiger partial charge in [-0.1, -0.05) is 42.1 Å². The molecular formula is C15H20N2OS. The number of hydrogen-bond acceptors (Lipinski definition) is 4. The third kappa shape index (κ3) is 3.12. The molecular weight excluding hydrogens is 256 g/mol. The number of rotatable bonds is 3. The molecule has 1 aromatic rings. The Bertz CT molecular complexity index is 449. The minimum absolute atomic E-state index is 0.379. The van der Waals surface area contributed by atoms with Crippen LogP contribution in [-0.2, 0) is 4.74 Å². The topological polar surface area (TPSA) is 33.6 Å². The molecule has 2 heterocycles. The molecule has 3 unspecified atom stereocenters. The molecule has 0 amide bonds. The van der Waals surface area contributed by atoms with Crippen molar-refractivity contribution in [3.05, 3.63) is 35.9 Å². The minimum atomic E-state index is 0.379. The van der Waals surface area contributed by atoms with Crippen LogP contribution in [0, 0.1) is 5.92 Å². The Morgan fingerprint density at radius 1 is 1.37 bits per heavy atom. The van der Waals surface area contributed by atoms with Gasteiger partial charge in [-0.15, -0.1) is 0 Å². The third-order valence-electron chi connectivity index (χ3n) is 3.87. The van der Waals surface area contributed by atoms with Crippen molar-refractivity contribution in [2.75, 3.05) is 19.7 Å². The lowest BCUT2D eigenvalue weighted by Gasteiger charge is -2.15. The highest BCUT2D eigenvalue weighted by molar-refractivity contribution is 8.14. The van der Waals surface area contributed by atoms with Crippen LogP contribution < -0.4 is 5.32 Å². The van der Waals surface area contributed by atoms with Crippen LogP contribution in [0.25, 0.3) is 0 Å². The molecule has 3 nitrogen and oxygen atoms in total. The van der Waals surface area contributed by atoms with Crippen molar-refractivity contribution < 1.29 is 4.74 Å². The molecule has 0 radical (unpaired) electrons. The van der Waals surface area contributed by atoms with Gasteiger partial charge in [-0.2, -0.15) is 0 Å². The molecule has 1 saturated heterocycles. The highest BCUT2D eigenvalue weighted by Crippen LogP contribution is 2.34. The summed E-state index contributed by atoms with van der Waals surface area (Å²) in [6, 6.07) is 10.6. The van der Waals surface area contributed by atoms with Crippen molar-refractivity contribution in [2.45, 2.75) is 24.7 Å². The zero-order valence-electron chi connectivity index (χ0n) is 11.2. The van der Waals surface area contributed by atoms with Crippen molar-refractivity contribution in [1.82, 2.24) is 5.32 Å². The van der Waals surface area contributed by atoms with Gasteiger partial charge in [0.05, 0.1) is 17.9 Å². The van der Waals surface area contributed by atoms with Crippen LogP contribution in [0.5, 0.6) is 0 Å². The summed E-state index contributed by atoms with van der Waals surface area (Å²) >= 11 is 1.85. The summed E-state index contributed by atoms with van der Waals surface area (Å²) in [5, 5.41) is 5.05. The van der Waals surface area contributed by atoms with Gasteiger partial charge in [0.15, 0.2) is 5.17 Å². The monoisotopic (exact) mass is 276 g/mol. The van der Waals surface area contributed by atoms with Gasteiger partial charge in [-0.25, -0.2) is 0 Å². The fourth-order valence-corrected chi connectivity index (χ4v) is 3.60. The lowest BCUT2D eigenvalue weighted by molar-refractivity contribution is 0.106. The predicted octanol–water partition coefficient (Wildman–Crippen LogP) is 2.85. The zero-order chi connectivity index (χ0) is 13.1. The maximum Gasteiger partial charge on any atom is 0.157 e. The van der Waals surface area contributed by atoms with Crippen LogP contribution in [0.2, 0.25) is 0 Å². The van der Waals surface area contributed by atoms with Gasteiger partial charge in [-0.05, 0) is 18.9 Å². The smallest absolute Gasteiger partial charge is 0.157 e. The molecule has 0 bridgehead atoms. The van der Waals surface area contributed by atoms with Gasteiger partial charge in [0.25, 0.3) is 0 Å². The lowest BCUT2D eigenvalue weighted by atomic mass is 10.0. The first-order valence-electron chi connectivity index (χ1n) is 6.94. The number of hydrogen-bond donors (Lipinski definition) is 1. The van der Waals surface area contributed by atoms with E-state index < -0.39 is 0 Å². The summed E-state index contributed by atoms with van der Waals surface area (Å²) in [6.07, 6.45) is 1.54. The summed E-state index contributed by atoms with van der Waals surface area (Å²) in [5.41, 5.74) is 1.37. The minimum Gasteiger partial charge on any atom is -0.378 e. The van der Waals surface area contributed by atoms with E-state index in [-0.39, 0.29) is 0 Å². The van der Waals surface area contributed by atoms with Crippen LogP contribution in [-0.4, -0.2) is 31.0 Å². The fourth-order valence-electron chi connectivity index (χ4n) is 2.58. The van der Waals surface area contributed by atoms with E-state index in [0.29, 0.717) is 17.3 Å². The van der Waals surface area contributed by atoms with Gasteiger partial charge in [0, 0.05) is 19.1 Å². The molecule has 0 spiro atoms. The number of ether oxygens (including phenoxy) is 1. The van der Waals surface area contributed by atoms with Crippen LogP contribution in [0.4, 0.5) is 0 Å². The van der Waals surface area contributed by atoms with E-state index >= 15 is 0 Å². The molecule has 2 aliphatic heterocycles. The molecule has 0 saturated carbocycles. The summed E-state index contributed by atoms with van der Waals surface area (Å²) < 4.78 is 5.58. The van der Waals surface area contributed by atoms with Crippen LogP contribution >= 0.6 is 11.8 Å². The summed E-state index contributed by atoms with van der Waals surface area (Å²) in [4.78, 5) is 4.61. The Labute approximate surface area is 118 Å². The van der Waals surface area contributed by atoms with E-state index in [1.807, 2.05) is 11.8 Å². The molecule has 1 fully saturated rings. The predicted molar refractivity (Wildman–Crippen MR) is 80.6 cm³/mol. The van der Waals surface area contributed by atoms with E-state index in [9.17, 15) is 0 Å². The lowest BCUT2D eigenvalue weighted by Crippen LogP contribution is -2.29. The van der Waals surface area contributed by atoms with Gasteiger partial charge in [0.2, 0.25) is 0 Å². The number of thioether (sulfide) groups is 1. The SMILES string of the molecule is CC1OCCC1CNC1=NCC(c2ccccc2)S1. The van der Waals surface area contributed by atoms with E-state index in [1.165, 1.54) is 5.56 Å². The van der Waals surface area contributed by atoms with E-state index in [1.54, 1.807) is 0 Å². The van der Waals surface area contributed by atoms with E-state index in [4.69, 9.17) is 4.74 Å².